The van der Waals surface area contributed by atoms with Crippen molar-refractivity contribution < 1.29 is 41.0 Å². The number of hydrogen-bond acceptors (Lipinski definition) is 7. The van der Waals surface area contributed by atoms with E-state index in [9.17, 15) is 26.8 Å². The molecule has 0 saturated heterocycles. The minimum atomic E-state index is -3.90. The summed E-state index contributed by atoms with van der Waals surface area (Å²) in [5.74, 6) is -1.53. The molecule has 11 heteroatoms. The second-order valence-corrected chi connectivity index (χ2v) is 8.35. The Labute approximate surface area is 177 Å². The van der Waals surface area contributed by atoms with Crippen LogP contribution in [0.2, 0.25) is 0 Å². The number of alkyl halides is 2. The summed E-state index contributed by atoms with van der Waals surface area (Å²) < 4.78 is 66.1. The van der Waals surface area contributed by atoms with E-state index in [1.165, 1.54) is 43.5 Å². The van der Waals surface area contributed by atoms with Crippen LogP contribution in [-0.4, -0.2) is 46.5 Å². The molecule has 1 fully saturated rings. The molecule has 3 rings (SSSR count). The second kappa shape index (κ2) is 9.40. The summed E-state index contributed by atoms with van der Waals surface area (Å²) in [6.45, 7) is -3.61. The van der Waals surface area contributed by atoms with Crippen LogP contribution in [-0.2, 0) is 14.8 Å². The van der Waals surface area contributed by atoms with Crippen LogP contribution in [0.25, 0.3) is 0 Å². The number of hydrogen-bond donors (Lipinski definition) is 1. The SMILES string of the molecule is COc1ccc(C(=O)OCC(=O)c2ccc(OC(F)F)cc2)cc1S(=O)(=O)NC1CC1. The standard InChI is InChI=1S/C20H19F2NO7S/c1-28-17-9-4-13(10-18(17)31(26,27)23-14-5-6-14)19(25)29-11-16(24)12-2-7-15(8-3-12)30-20(21)22/h2-4,7-10,14,20,23H,5-6,11H2,1H3. The summed E-state index contributed by atoms with van der Waals surface area (Å²) in [4.78, 5) is 24.3. The van der Waals surface area contributed by atoms with Crippen LogP contribution < -0.4 is 14.2 Å². The molecule has 0 heterocycles. The van der Waals surface area contributed by atoms with Crippen molar-refractivity contribution >= 4 is 21.8 Å². The van der Waals surface area contributed by atoms with Crippen molar-refractivity contribution in [2.45, 2.75) is 30.4 Å². The first-order chi connectivity index (χ1) is 14.7. The summed E-state index contributed by atoms with van der Waals surface area (Å²) in [7, 11) is -2.59. The average molecular weight is 455 g/mol. The third-order valence-corrected chi connectivity index (χ3v) is 5.87. The van der Waals surface area contributed by atoms with Crippen LogP contribution in [0.5, 0.6) is 11.5 Å². The Kier molecular flexibility index (Phi) is 6.86. The first-order valence-electron chi connectivity index (χ1n) is 9.15. The first-order valence-corrected chi connectivity index (χ1v) is 10.6. The molecule has 31 heavy (non-hydrogen) atoms. The maximum Gasteiger partial charge on any atom is 0.387 e. The second-order valence-electron chi connectivity index (χ2n) is 6.66. The normalized spacial score (nSPS) is 13.7. The maximum atomic E-state index is 12.5. The lowest BCUT2D eigenvalue weighted by Crippen LogP contribution is -2.26. The van der Waals surface area contributed by atoms with Crippen LogP contribution >= 0.6 is 0 Å². The van der Waals surface area contributed by atoms with Gasteiger partial charge in [-0.1, -0.05) is 0 Å². The molecule has 2 aromatic rings. The Balaban J connectivity index is 1.67. The third kappa shape index (κ3) is 5.98. The van der Waals surface area contributed by atoms with Gasteiger partial charge < -0.3 is 14.2 Å². The Hall–Kier alpha value is -3.05. The monoisotopic (exact) mass is 455 g/mol. The average Bonchev–Trinajstić information content (AvgIpc) is 3.54. The molecule has 1 aliphatic carbocycles. The number of methoxy groups -OCH3 is 1. The van der Waals surface area contributed by atoms with Gasteiger partial charge in [-0.05, 0) is 55.3 Å². The summed E-state index contributed by atoms with van der Waals surface area (Å²) in [6.07, 6.45) is 1.47. The van der Waals surface area contributed by atoms with E-state index in [0.29, 0.717) is 0 Å². The molecule has 0 aliphatic heterocycles. The number of sulfonamides is 1. The molecule has 0 radical (unpaired) electrons. The van der Waals surface area contributed by atoms with Gasteiger partial charge in [-0.25, -0.2) is 17.9 Å². The van der Waals surface area contributed by atoms with Gasteiger partial charge in [0.1, 0.15) is 16.4 Å². The number of halogens is 2. The molecule has 1 aliphatic rings. The van der Waals surface area contributed by atoms with Crippen molar-refractivity contribution in [1.29, 1.82) is 0 Å². The van der Waals surface area contributed by atoms with E-state index in [0.717, 1.165) is 18.9 Å². The van der Waals surface area contributed by atoms with Crippen molar-refractivity contribution in [3.63, 3.8) is 0 Å². The van der Waals surface area contributed by atoms with Crippen molar-refractivity contribution in [2.75, 3.05) is 13.7 Å². The van der Waals surface area contributed by atoms with Crippen LogP contribution in [0.15, 0.2) is 47.4 Å². The zero-order valence-electron chi connectivity index (χ0n) is 16.3. The van der Waals surface area contributed by atoms with E-state index in [1.807, 2.05) is 0 Å². The number of Topliss-reactive ketones (excluding diaryl/α,β-unsaturated/α-hetero) is 1. The smallest absolute Gasteiger partial charge is 0.387 e. The molecular weight excluding hydrogens is 436 g/mol. The number of benzene rings is 2. The highest BCUT2D eigenvalue weighted by Crippen LogP contribution is 2.28. The summed E-state index contributed by atoms with van der Waals surface area (Å²) in [6, 6.07) is 8.52. The maximum absolute atomic E-state index is 12.5. The van der Waals surface area contributed by atoms with Gasteiger partial charge in [0.05, 0.1) is 12.7 Å². The lowest BCUT2D eigenvalue weighted by Gasteiger charge is -2.12. The molecule has 166 valence electrons. The van der Waals surface area contributed by atoms with E-state index < -0.39 is 35.0 Å². The Morgan fingerprint density at radius 2 is 1.74 bits per heavy atom. The minimum absolute atomic E-state index is 0.0619. The van der Waals surface area contributed by atoms with Crippen molar-refractivity contribution in [1.82, 2.24) is 4.72 Å². The predicted octanol–water partition coefficient (Wildman–Crippen LogP) is 2.78. The van der Waals surface area contributed by atoms with E-state index >= 15 is 0 Å². The van der Waals surface area contributed by atoms with E-state index in [-0.39, 0.29) is 33.6 Å². The van der Waals surface area contributed by atoms with Crippen LogP contribution in [0.1, 0.15) is 33.6 Å². The van der Waals surface area contributed by atoms with Gasteiger partial charge in [-0.15, -0.1) is 0 Å². The Morgan fingerprint density at radius 3 is 2.32 bits per heavy atom. The van der Waals surface area contributed by atoms with Crippen molar-refractivity contribution in [2.24, 2.45) is 0 Å². The number of ketones is 1. The van der Waals surface area contributed by atoms with Gasteiger partial charge in [-0.3, -0.25) is 4.79 Å². The fraction of sp³-hybridized carbons (Fsp3) is 0.300. The number of ether oxygens (including phenoxy) is 3. The molecule has 0 atom stereocenters. The number of esters is 1. The summed E-state index contributed by atoms with van der Waals surface area (Å²) in [5, 5.41) is 0. The van der Waals surface area contributed by atoms with Crippen molar-refractivity contribution in [3.05, 3.63) is 53.6 Å². The van der Waals surface area contributed by atoms with Gasteiger partial charge in [0.15, 0.2) is 12.4 Å². The lowest BCUT2D eigenvalue weighted by atomic mass is 10.1. The van der Waals surface area contributed by atoms with Crippen LogP contribution in [0, 0.1) is 0 Å². The molecule has 0 aromatic heterocycles. The molecule has 2 aromatic carbocycles. The molecule has 0 unspecified atom stereocenters. The van der Waals surface area contributed by atoms with E-state index in [1.54, 1.807) is 0 Å². The summed E-state index contributed by atoms with van der Waals surface area (Å²) in [5.41, 5.74) is 0.0477. The Morgan fingerprint density at radius 1 is 1.10 bits per heavy atom. The topological polar surface area (TPSA) is 108 Å². The van der Waals surface area contributed by atoms with Gasteiger partial charge in [-0.2, -0.15) is 8.78 Å². The fourth-order valence-electron chi connectivity index (χ4n) is 2.62. The third-order valence-electron chi connectivity index (χ3n) is 4.32. The largest absolute Gasteiger partial charge is 0.495 e. The highest BCUT2D eigenvalue weighted by atomic mass is 32.2. The van der Waals surface area contributed by atoms with Gasteiger partial charge in [0.2, 0.25) is 10.0 Å². The summed E-state index contributed by atoms with van der Waals surface area (Å²) >= 11 is 0. The molecule has 0 spiro atoms. The Bertz CT molecular complexity index is 1070. The number of rotatable bonds is 10. The minimum Gasteiger partial charge on any atom is -0.495 e. The fourth-order valence-corrected chi connectivity index (χ4v) is 4.12. The molecule has 1 N–H and O–H groups in total. The lowest BCUT2D eigenvalue weighted by molar-refractivity contribution is -0.0498. The highest BCUT2D eigenvalue weighted by molar-refractivity contribution is 7.89. The molecule has 0 amide bonds. The molecule has 1 saturated carbocycles. The van der Waals surface area contributed by atoms with Crippen LogP contribution in [0.3, 0.4) is 0 Å². The van der Waals surface area contributed by atoms with Gasteiger partial charge in [0.25, 0.3) is 0 Å². The first kappa shape index (κ1) is 22.6. The number of carbonyl (C=O) groups is 2. The highest BCUT2D eigenvalue weighted by Gasteiger charge is 2.30. The molecule has 0 bridgehead atoms. The molecular formula is C20H19F2NO7S. The predicted molar refractivity (Wildman–Crippen MR) is 104 cm³/mol. The van der Waals surface area contributed by atoms with E-state index in [2.05, 4.69) is 9.46 Å². The van der Waals surface area contributed by atoms with Crippen LogP contribution in [0.4, 0.5) is 8.78 Å². The number of carbonyl (C=O) groups excluding carboxylic acids is 2. The van der Waals surface area contributed by atoms with Gasteiger partial charge in [0, 0.05) is 11.6 Å². The van der Waals surface area contributed by atoms with Crippen molar-refractivity contribution in [3.8, 4) is 11.5 Å². The zero-order valence-corrected chi connectivity index (χ0v) is 17.2. The quantitative estimate of drug-likeness (QED) is 0.434. The zero-order chi connectivity index (χ0) is 22.6. The number of nitrogens with one attached hydrogen (secondary N) is 1. The van der Waals surface area contributed by atoms with E-state index in [4.69, 9.17) is 9.47 Å². The van der Waals surface area contributed by atoms with Gasteiger partial charge >= 0.3 is 12.6 Å². The molecule has 8 nitrogen and oxygen atoms in total.